The van der Waals surface area contributed by atoms with E-state index in [2.05, 4.69) is 21.4 Å². The molecular weight excluding hydrogens is 128 g/mol. The minimum Gasteiger partial charge on any atom is -0.232 e. The fourth-order valence-electron chi connectivity index (χ4n) is 0.327. The average Bonchev–Trinajstić information content (AvgIpc) is 1.90. The van der Waals surface area contributed by atoms with E-state index >= 15 is 0 Å². The van der Waals surface area contributed by atoms with Crippen LogP contribution in [0.5, 0.6) is 0 Å². The summed E-state index contributed by atoms with van der Waals surface area (Å²) in [5.41, 5.74) is 0. The van der Waals surface area contributed by atoms with Crippen molar-refractivity contribution in [1.82, 2.24) is 15.2 Å². The zero-order valence-electron chi connectivity index (χ0n) is 4.25. The monoisotopic (exact) mass is 130 g/mol. The molecule has 3 nitrogen and oxygen atoms in total. The molecule has 0 unspecified atom stereocenters. The SMILES string of the molecule is FC(F)c1nc[c]nn1. The number of aromatic nitrogens is 3. The van der Waals surface area contributed by atoms with Crippen molar-refractivity contribution in [3.05, 3.63) is 18.2 Å². The smallest absolute Gasteiger partial charge is 0.232 e. The van der Waals surface area contributed by atoms with E-state index in [9.17, 15) is 8.78 Å². The lowest BCUT2D eigenvalue weighted by molar-refractivity contribution is 0.138. The predicted octanol–water partition coefficient (Wildman–Crippen LogP) is 0.609. The minimum atomic E-state index is -2.65. The van der Waals surface area contributed by atoms with Gasteiger partial charge in [0, 0.05) is 0 Å². The van der Waals surface area contributed by atoms with Crippen molar-refractivity contribution < 1.29 is 8.78 Å². The largest absolute Gasteiger partial charge is 0.299 e. The lowest BCUT2D eigenvalue weighted by atomic mass is 10.6. The maximum atomic E-state index is 11.6. The number of rotatable bonds is 1. The van der Waals surface area contributed by atoms with Crippen LogP contribution in [-0.4, -0.2) is 15.2 Å². The Bertz CT molecular complexity index is 176. The summed E-state index contributed by atoms with van der Waals surface area (Å²) in [4.78, 5) is 3.20. The molecule has 0 amide bonds. The molecule has 1 rings (SSSR count). The van der Waals surface area contributed by atoms with E-state index in [0.29, 0.717) is 0 Å². The van der Waals surface area contributed by atoms with Crippen molar-refractivity contribution in [2.75, 3.05) is 0 Å². The number of hydrogen-bond donors (Lipinski definition) is 0. The third-order valence-corrected chi connectivity index (χ3v) is 0.660. The van der Waals surface area contributed by atoms with Gasteiger partial charge in [-0.1, -0.05) is 0 Å². The summed E-state index contributed by atoms with van der Waals surface area (Å²) >= 11 is 0. The Kier molecular flexibility index (Phi) is 1.62. The molecular formula is C4H2F2N3. The fraction of sp³-hybridized carbons (Fsp3) is 0.250. The number of nitrogens with zero attached hydrogens (tertiary/aromatic N) is 3. The molecule has 9 heavy (non-hydrogen) atoms. The Morgan fingerprint density at radius 3 is 2.67 bits per heavy atom. The Balaban J connectivity index is 2.85. The first kappa shape index (κ1) is 6.00. The average molecular weight is 130 g/mol. The molecule has 0 atom stereocenters. The molecule has 0 aromatic carbocycles. The zero-order chi connectivity index (χ0) is 6.69. The molecule has 1 heterocycles. The van der Waals surface area contributed by atoms with Gasteiger partial charge in [-0.15, -0.1) is 10.2 Å². The molecule has 0 aliphatic rings. The van der Waals surface area contributed by atoms with Crippen LogP contribution in [-0.2, 0) is 0 Å². The van der Waals surface area contributed by atoms with Gasteiger partial charge >= 0.3 is 0 Å². The second-order valence-electron chi connectivity index (χ2n) is 1.25. The van der Waals surface area contributed by atoms with Gasteiger partial charge in [-0.25, -0.2) is 13.8 Å². The van der Waals surface area contributed by atoms with Crippen molar-refractivity contribution in [3.8, 4) is 0 Å². The van der Waals surface area contributed by atoms with Gasteiger partial charge in [0.1, 0.15) is 6.20 Å². The van der Waals surface area contributed by atoms with Crippen LogP contribution in [0, 0.1) is 6.20 Å². The normalized spacial score (nSPS) is 10.1. The van der Waals surface area contributed by atoms with Crippen LogP contribution in [0.2, 0.25) is 0 Å². The second-order valence-corrected chi connectivity index (χ2v) is 1.25. The van der Waals surface area contributed by atoms with Gasteiger partial charge in [0.2, 0.25) is 5.82 Å². The number of alkyl halides is 2. The van der Waals surface area contributed by atoms with E-state index in [1.165, 1.54) is 0 Å². The molecule has 0 saturated carbocycles. The fourth-order valence-corrected chi connectivity index (χ4v) is 0.327. The highest BCUT2D eigenvalue weighted by Crippen LogP contribution is 2.10. The van der Waals surface area contributed by atoms with Crippen LogP contribution in [0.1, 0.15) is 12.2 Å². The first-order valence-electron chi connectivity index (χ1n) is 2.14. The standard InChI is InChI=1S/C4H2F2N3/c5-3(6)4-7-1-2-8-9-4/h1,3H. The van der Waals surface area contributed by atoms with Crippen LogP contribution in [0.4, 0.5) is 8.78 Å². The molecule has 0 N–H and O–H groups in total. The molecule has 0 aliphatic heterocycles. The first-order valence-corrected chi connectivity index (χ1v) is 2.14. The van der Waals surface area contributed by atoms with Crippen molar-refractivity contribution >= 4 is 0 Å². The first-order chi connectivity index (χ1) is 4.30. The van der Waals surface area contributed by atoms with E-state index in [1.807, 2.05) is 0 Å². The number of hydrogen-bond acceptors (Lipinski definition) is 3. The van der Waals surface area contributed by atoms with Gasteiger partial charge in [0.15, 0.2) is 0 Å². The molecule has 0 bridgehead atoms. The third-order valence-electron chi connectivity index (χ3n) is 0.660. The van der Waals surface area contributed by atoms with Gasteiger partial charge in [-0.05, 0) is 0 Å². The summed E-state index contributed by atoms with van der Waals surface area (Å²) in [5.74, 6) is -0.561. The Morgan fingerprint density at radius 1 is 1.56 bits per heavy atom. The lowest BCUT2D eigenvalue weighted by Crippen LogP contribution is -1.95. The Hall–Kier alpha value is -1.13. The predicted molar refractivity (Wildman–Crippen MR) is 23.6 cm³/mol. The zero-order valence-corrected chi connectivity index (χ0v) is 4.25. The van der Waals surface area contributed by atoms with Crippen LogP contribution < -0.4 is 0 Å². The summed E-state index contributed by atoms with van der Waals surface area (Å²) in [6.07, 6.45) is 0.586. The molecule has 0 spiro atoms. The van der Waals surface area contributed by atoms with Crippen LogP contribution in [0.15, 0.2) is 6.20 Å². The van der Waals surface area contributed by atoms with Gasteiger partial charge in [0.25, 0.3) is 6.43 Å². The summed E-state index contributed by atoms with van der Waals surface area (Å²) < 4.78 is 23.2. The summed E-state index contributed by atoms with van der Waals surface area (Å²) in [5, 5.41) is 6.10. The topological polar surface area (TPSA) is 38.7 Å². The van der Waals surface area contributed by atoms with Crippen LogP contribution >= 0.6 is 0 Å². The van der Waals surface area contributed by atoms with Crippen molar-refractivity contribution in [2.24, 2.45) is 0 Å². The maximum Gasteiger partial charge on any atom is 0.299 e. The van der Waals surface area contributed by atoms with Gasteiger partial charge in [-0.2, -0.15) is 0 Å². The van der Waals surface area contributed by atoms with E-state index in [4.69, 9.17) is 0 Å². The highest BCUT2D eigenvalue weighted by Gasteiger charge is 2.08. The van der Waals surface area contributed by atoms with Gasteiger partial charge < -0.3 is 0 Å². The van der Waals surface area contributed by atoms with E-state index < -0.39 is 12.2 Å². The van der Waals surface area contributed by atoms with Crippen LogP contribution in [0.25, 0.3) is 0 Å². The van der Waals surface area contributed by atoms with Crippen molar-refractivity contribution in [2.45, 2.75) is 6.43 Å². The third kappa shape index (κ3) is 1.38. The second kappa shape index (κ2) is 2.43. The molecule has 1 aromatic rings. The lowest BCUT2D eigenvalue weighted by Gasteiger charge is -1.90. The van der Waals surface area contributed by atoms with Crippen molar-refractivity contribution in [3.63, 3.8) is 0 Å². The quantitative estimate of drug-likeness (QED) is 0.559. The minimum absolute atomic E-state index is 0.561. The maximum absolute atomic E-state index is 11.6. The molecule has 47 valence electrons. The molecule has 0 fully saturated rings. The van der Waals surface area contributed by atoms with Crippen LogP contribution in [0.3, 0.4) is 0 Å². The Morgan fingerprint density at radius 2 is 2.33 bits per heavy atom. The van der Waals surface area contributed by atoms with E-state index in [0.717, 1.165) is 6.20 Å². The van der Waals surface area contributed by atoms with Gasteiger partial charge in [-0.3, -0.25) is 0 Å². The summed E-state index contributed by atoms with van der Waals surface area (Å²) in [7, 11) is 0. The van der Waals surface area contributed by atoms with E-state index in [-0.39, 0.29) is 0 Å². The van der Waals surface area contributed by atoms with Crippen molar-refractivity contribution in [1.29, 1.82) is 0 Å². The Labute approximate surface area is 49.8 Å². The molecule has 0 aliphatic carbocycles. The molecule has 0 saturated heterocycles. The molecule has 1 radical (unpaired) electrons. The number of halogens is 2. The highest BCUT2D eigenvalue weighted by molar-refractivity contribution is 4.80. The highest BCUT2D eigenvalue weighted by atomic mass is 19.3. The molecule has 1 aromatic heterocycles. The van der Waals surface area contributed by atoms with E-state index in [1.54, 1.807) is 0 Å². The molecule has 5 heteroatoms. The summed E-state index contributed by atoms with van der Waals surface area (Å²) in [6, 6.07) is 0. The summed E-state index contributed by atoms with van der Waals surface area (Å²) in [6.45, 7) is 0. The van der Waals surface area contributed by atoms with Gasteiger partial charge in [0.05, 0.1) is 6.20 Å².